The average Bonchev–Trinajstić information content (AvgIpc) is 2.50. The number of hydrogen-bond acceptors (Lipinski definition) is 4. The summed E-state index contributed by atoms with van der Waals surface area (Å²) in [6.07, 6.45) is 1.95. The molecule has 1 atom stereocenters. The number of ether oxygens (including phenoxy) is 2. The van der Waals surface area contributed by atoms with Crippen molar-refractivity contribution >= 4 is 28.6 Å². The van der Waals surface area contributed by atoms with Gasteiger partial charge in [0.2, 0.25) is 0 Å². The Kier molecular flexibility index (Phi) is 6.11. The zero-order valence-electron chi connectivity index (χ0n) is 15.4. The maximum atomic E-state index is 12.0. The zero-order chi connectivity index (χ0) is 18.6. The molecule has 0 saturated carbocycles. The smallest absolute Gasteiger partial charge is 0.410 e. The molecule has 0 saturated heterocycles. The number of benzene rings is 1. The van der Waals surface area contributed by atoms with Crippen LogP contribution in [0.4, 0.5) is 4.79 Å². The first-order chi connectivity index (χ1) is 11.7. The van der Waals surface area contributed by atoms with Crippen LogP contribution in [0.15, 0.2) is 30.5 Å². The van der Waals surface area contributed by atoms with Crippen LogP contribution in [0.5, 0.6) is 5.75 Å². The predicted octanol–water partition coefficient (Wildman–Crippen LogP) is 4.91. The Labute approximate surface area is 153 Å². The largest absolute Gasteiger partial charge is 0.488 e. The standard InChI is InChI=1S/C19H25ClN2O3/c1-13(8-10-22(5)18(23)25-19(2,3)4)24-16-12-15(20)11-14-7-6-9-21-17(14)16/h6-7,9,11-13H,8,10H2,1-5H3. The summed E-state index contributed by atoms with van der Waals surface area (Å²) in [6.45, 7) is 8.03. The van der Waals surface area contributed by atoms with Gasteiger partial charge in [0.1, 0.15) is 16.9 Å². The van der Waals surface area contributed by atoms with Crippen molar-refractivity contribution in [2.75, 3.05) is 13.6 Å². The van der Waals surface area contributed by atoms with E-state index in [9.17, 15) is 4.79 Å². The molecule has 0 bridgehead atoms. The van der Waals surface area contributed by atoms with E-state index < -0.39 is 5.60 Å². The third-order valence-electron chi connectivity index (χ3n) is 3.54. The first-order valence-electron chi connectivity index (χ1n) is 8.31. The molecule has 0 radical (unpaired) electrons. The number of hydrogen-bond donors (Lipinski definition) is 0. The molecule has 136 valence electrons. The van der Waals surface area contributed by atoms with E-state index in [2.05, 4.69) is 4.98 Å². The number of nitrogens with zero attached hydrogens (tertiary/aromatic N) is 2. The highest BCUT2D eigenvalue weighted by atomic mass is 35.5. The predicted molar refractivity (Wildman–Crippen MR) is 100 cm³/mol. The lowest BCUT2D eigenvalue weighted by atomic mass is 10.2. The van der Waals surface area contributed by atoms with E-state index in [0.717, 1.165) is 10.9 Å². The minimum atomic E-state index is -0.501. The summed E-state index contributed by atoms with van der Waals surface area (Å²) in [7, 11) is 1.72. The number of carbonyl (C=O) groups is 1. The van der Waals surface area contributed by atoms with Crippen molar-refractivity contribution in [1.29, 1.82) is 0 Å². The molecule has 2 aromatic rings. The highest BCUT2D eigenvalue weighted by molar-refractivity contribution is 6.31. The molecule has 0 aliphatic rings. The van der Waals surface area contributed by atoms with Gasteiger partial charge < -0.3 is 14.4 Å². The van der Waals surface area contributed by atoms with Crippen LogP contribution in [0.1, 0.15) is 34.1 Å². The fourth-order valence-electron chi connectivity index (χ4n) is 2.30. The number of aromatic nitrogens is 1. The lowest BCUT2D eigenvalue weighted by Gasteiger charge is -2.25. The number of amides is 1. The Morgan fingerprint density at radius 2 is 2.08 bits per heavy atom. The third kappa shape index (κ3) is 5.78. The van der Waals surface area contributed by atoms with Crippen LogP contribution in [-0.4, -0.2) is 41.3 Å². The minimum Gasteiger partial charge on any atom is -0.488 e. The fraction of sp³-hybridized carbons (Fsp3) is 0.474. The lowest BCUT2D eigenvalue weighted by molar-refractivity contribution is 0.0282. The summed E-state index contributed by atoms with van der Waals surface area (Å²) in [4.78, 5) is 17.9. The van der Waals surface area contributed by atoms with Crippen molar-refractivity contribution < 1.29 is 14.3 Å². The molecule has 25 heavy (non-hydrogen) atoms. The number of pyridine rings is 1. The summed E-state index contributed by atoms with van der Waals surface area (Å²) in [5.41, 5.74) is 0.276. The molecule has 5 nitrogen and oxygen atoms in total. The van der Waals surface area contributed by atoms with Crippen LogP contribution in [0.2, 0.25) is 5.02 Å². The monoisotopic (exact) mass is 364 g/mol. The van der Waals surface area contributed by atoms with Crippen molar-refractivity contribution in [3.05, 3.63) is 35.5 Å². The van der Waals surface area contributed by atoms with Gasteiger partial charge in [-0.25, -0.2) is 4.79 Å². The molecule has 0 fully saturated rings. The van der Waals surface area contributed by atoms with E-state index in [-0.39, 0.29) is 12.2 Å². The first kappa shape index (κ1) is 19.3. The van der Waals surface area contributed by atoms with Crippen LogP contribution in [0, 0.1) is 0 Å². The van der Waals surface area contributed by atoms with Crippen molar-refractivity contribution in [2.45, 2.75) is 45.8 Å². The van der Waals surface area contributed by atoms with Crippen LogP contribution in [0.3, 0.4) is 0 Å². The quantitative estimate of drug-likeness (QED) is 0.756. The van der Waals surface area contributed by atoms with E-state index in [1.807, 2.05) is 45.9 Å². The van der Waals surface area contributed by atoms with E-state index in [0.29, 0.717) is 23.7 Å². The maximum Gasteiger partial charge on any atom is 0.410 e. The molecule has 1 amide bonds. The van der Waals surface area contributed by atoms with Crippen LogP contribution in [-0.2, 0) is 4.74 Å². The van der Waals surface area contributed by atoms with Crippen LogP contribution in [0.25, 0.3) is 10.9 Å². The second-order valence-corrected chi connectivity index (χ2v) is 7.53. The summed E-state index contributed by atoms with van der Waals surface area (Å²) < 4.78 is 11.4. The van der Waals surface area contributed by atoms with Gasteiger partial charge in [-0.15, -0.1) is 0 Å². The van der Waals surface area contributed by atoms with Crippen LogP contribution >= 0.6 is 11.6 Å². The van der Waals surface area contributed by atoms with E-state index >= 15 is 0 Å². The minimum absolute atomic E-state index is 0.103. The highest BCUT2D eigenvalue weighted by Gasteiger charge is 2.20. The Bertz CT molecular complexity index is 743. The Morgan fingerprint density at radius 3 is 2.76 bits per heavy atom. The van der Waals surface area contributed by atoms with Gasteiger partial charge in [-0.3, -0.25) is 4.98 Å². The highest BCUT2D eigenvalue weighted by Crippen LogP contribution is 2.29. The van der Waals surface area contributed by atoms with Gasteiger partial charge in [0, 0.05) is 42.7 Å². The first-order valence-corrected chi connectivity index (χ1v) is 8.68. The van der Waals surface area contributed by atoms with E-state index in [4.69, 9.17) is 21.1 Å². The molecule has 1 aromatic heterocycles. The molecule has 6 heteroatoms. The number of rotatable bonds is 5. The Balaban J connectivity index is 1.97. The van der Waals surface area contributed by atoms with Gasteiger partial charge in [-0.1, -0.05) is 17.7 Å². The molecule has 0 aliphatic heterocycles. The number of fused-ring (bicyclic) bond motifs is 1. The van der Waals surface area contributed by atoms with Gasteiger partial charge in [-0.05, 0) is 39.8 Å². The molecule has 0 aliphatic carbocycles. The zero-order valence-corrected chi connectivity index (χ0v) is 16.1. The molecule has 1 unspecified atom stereocenters. The summed E-state index contributed by atoms with van der Waals surface area (Å²) >= 11 is 6.16. The van der Waals surface area contributed by atoms with Gasteiger partial charge in [-0.2, -0.15) is 0 Å². The van der Waals surface area contributed by atoms with Crippen molar-refractivity contribution in [1.82, 2.24) is 9.88 Å². The molecule has 2 rings (SSSR count). The Morgan fingerprint density at radius 1 is 1.36 bits per heavy atom. The third-order valence-corrected chi connectivity index (χ3v) is 3.76. The topological polar surface area (TPSA) is 51.7 Å². The molecule has 0 N–H and O–H groups in total. The van der Waals surface area contributed by atoms with E-state index in [1.165, 1.54) is 0 Å². The van der Waals surface area contributed by atoms with Crippen molar-refractivity contribution in [3.63, 3.8) is 0 Å². The lowest BCUT2D eigenvalue weighted by Crippen LogP contribution is -2.36. The number of halogens is 1. The second kappa shape index (κ2) is 7.91. The van der Waals surface area contributed by atoms with Gasteiger partial charge in [0.15, 0.2) is 0 Å². The maximum absolute atomic E-state index is 12.0. The summed E-state index contributed by atoms with van der Waals surface area (Å²) in [5, 5.41) is 1.54. The molecule has 0 spiro atoms. The molecule has 1 aromatic carbocycles. The number of carbonyl (C=O) groups excluding carboxylic acids is 1. The van der Waals surface area contributed by atoms with Crippen molar-refractivity contribution in [2.24, 2.45) is 0 Å². The van der Waals surface area contributed by atoms with Gasteiger partial charge in [0.05, 0.1) is 6.10 Å². The normalized spacial score (nSPS) is 12.7. The second-order valence-electron chi connectivity index (χ2n) is 7.10. The fourth-order valence-corrected chi connectivity index (χ4v) is 2.51. The SMILES string of the molecule is CC(CCN(C)C(=O)OC(C)(C)C)Oc1cc(Cl)cc2cccnc12. The van der Waals surface area contributed by atoms with Gasteiger partial charge >= 0.3 is 6.09 Å². The average molecular weight is 365 g/mol. The molecule has 1 heterocycles. The van der Waals surface area contributed by atoms with Crippen LogP contribution < -0.4 is 4.74 Å². The Hall–Kier alpha value is -2.01. The summed E-state index contributed by atoms with van der Waals surface area (Å²) in [6, 6.07) is 7.44. The van der Waals surface area contributed by atoms with Crippen molar-refractivity contribution in [3.8, 4) is 5.75 Å². The van der Waals surface area contributed by atoms with Gasteiger partial charge in [0.25, 0.3) is 0 Å². The van der Waals surface area contributed by atoms with E-state index in [1.54, 1.807) is 24.2 Å². The molecular weight excluding hydrogens is 340 g/mol. The molecular formula is C19H25ClN2O3. The summed E-state index contributed by atoms with van der Waals surface area (Å²) in [5.74, 6) is 0.649.